The van der Waals surface area contributed by atoms with Crippen LogP contribution in [0.25, 0.3) is 0 Å². The molecule has 3 nitrogen and oxygen atoms in total. The predicted octanol–water partition coefficient (Wildman–Crippen LogP) is 0.218. The first-order chi connectivity index (χ1) is 6.36. The monoisotopic (exact) mass is 200 g/mol. The molecule has 0 radical (unpaired) electrons. The summed E-state index contributed by atoms with van der Waals surface area (Å²) >= 11 is 1.86. The normalized spacial score (nSPS) is 28.5. The zero-order valence-corrected chi connectivity index (χ0v) is 8.53. The van der Waals surface area contributed by atoms with Gasteiger partial charge >= 0.3 is 0 Å². The van der Waals surface area contributed by atoms with Gasteiger partial charge in [0.15, 0.2) is 0 Å². The second kappa shape index (κ2) is 4.33. The van der Waals surface area contributed by atoms with Gasteiger partial charge in [0.2, 0.25) is 5.91 Å². The zero-order valence-electron chi connectivity index (χ0n) is 7.71. The van der Waals surface area contributed by atoms with Crippen LogP contribution >= 0.6 is 11.8 Å². The Kier molecular flexibility index (Phi) is 3.11. The van der Waals surface area contributed by atoms with E-state index in [9.17, 15) is 4.79 Å². The number of hydrogen-bond donors (Lipinski definition) is 2. The second-order valence-corrected chi connectivity index (χ2v) is 4.92. The summed E-state index contributed by atoms with van der Waals surface area (Å²) in [5, 5.41) is 6.23. The number of carbonyl (C=O) groups is 1. The Morgan fingerprint density at radius 1 is 1.54 bits per heavy atom. The minimum atomic E-state index is 0.0532. The van der Waals surface area contributed by atoms with Crippen molar-refractivity contribution < 1.29 is 4.79 Å². The van der Waals surface area contributed by atoms with Gasteiger partial charge in [-0.2, -0.15) is 11.8 Å². The van der Waals surface area contributed by atoms with Crippen molar-refractivity contribution in [1.82, 2.24) is 10.6 Å². The number of carbonyl (C=O) groups excluding carboxylic acids is 1. The average molecular weight is 200 g/mol. The number of amides is 1. The molecule has 1 aliphatic heterocycles. The standard InChI is InChI=1S/C9H16N2OS/c12-9(11-5-7-1-2-7)8-6-13-4-3-10-8/h7-8,10H,1-6H2,(H,11,12). The first-order valence-corrected chi connectivity index (χ1v) is 6.10. The van der Waals surface area contributed by atoms with Gasteiger partial charge in [-0.1, -0.05) is 0 Å². The van der Waals surface area contributed by atoms with Gasteiger partial charge in [-0.15, -0.1) is 0 Å². The van der Waals surface area contributed by atoms with Gasteiger partial charge in [0.1, 0.15) is 0 Å². The van der Waals surface area contributed by atoms with Gasteiger partial charge in [0.25, 0.3) is 0 Å². The zero-order chi connectivity index (χ0) is 9.10. The van der Waals surface area contributed by atoms with Crippen LogP contribution in [0.5, 0.6) is 0 Å². The third-order valence-electron chi connectivity index (χ3n) is 2.50. The van der Waals surface area contributed by atoms with E-state index >= 15 is 0 Å². The van der Waals surface area contributed by atoms with E-state index in [2.05, 4.69) is 10.6 Å². The van der Waals surface area contributed by atoms with Crippen molar-refractivity contribution in [2.75, 3.05) is 24.6 Å². The summed E-state index contributed by atoms with van der Waals surface area (Å²) in [6, 6.07) is 0.0532. The molecule has 74 valence electrons. The molecule has 2 fully saturated rings. The maximum absolute atomic E-state index is 11.5. The van der Waals surface area contributed by atoms with Gasteiger partial charge in [-0.3, -0.25) is 4.79 Å². The van der Waals surface area contributed by atoms with Crippen LogP contribution in [0.2, 0.25) is 0 Å². The topological polar surface area (TPSA) is 41.1 Å². The number of rotatable bonds is 3. The highest BCUT2D eigenvalue weighted by atomic mass is 32.2. The van der Waals surface area contributed by atoms with Crippen molar-refractivity contribution in [3.8, 4) is 0 Å². The molecule has 1 saturated heterocycles. The molecule has 2 N–H and O–H groups in total. The van der Waals surface area contributed by atoms with E-state index < -0.39 is 0 Å². The van der Waals surface area contributed by atoms with E-state index in [1.54, 1.807) is 0 Å². The van der Waals surface area contributed by atoms with Crippen molar-refractivity contribution in [2.45, 2.75) is 18.9 Å². The Morgan fingerprint density at radius 3 is 3.00 bits per heavy atom. The highest BCUT2D eigenvalue weighted by molar-refractivity contribution is 7.99. The fourth-order valence-corrected chi connectivity index (χ4v) is 2.36. The molecule has 13 heavy (non-hydrogen) atoms. The molecular formula is C9H16N2OS. The fourth-order valence-electron chi connectivity index (χ4n) is 1.42. The molecule has 0 bridgehead atoms. The largest absolute Gasteiger partial charge is 0.354 e. The van der Waals surface area contributed by atoms with E-state index in [0.717, 1.165) is 30.5 Å². The summed E-state index contributed by atoms with van der Waals surface area (Å²) in [4.78, 5) is 11.5. The predicted molar refractivity (Wildman–Crippen MR) is 54.8 cm³/mol. The molecule has 1 amide bonds. The lowest BCUT2D eigenvalue weighted by Gasteiger charge is -2.22. The summed E-state index contributed by atoms with van der Waals surface area (Å²) < 4.78 is 0. The van der Waals surface area contributed by atoms with Crippen LogP contribution in [0.4, 0.5) is 0 Å². The van der Waals surface area contributed by atoms with E-state index in [-0.39, 0.29) is 11.9 Å². The van der Waals surface area contributed by atoms with Crippen molar-refractivity contribution in [1.29, 1.82) is 0 Å². The Morgan fingerprint density at radius 2 is 2.38 bits per heavy atom. The quantitative estimate of drug-likeness (QED) is 0.684. The fraction of sp³-hybridized carbons (Fsp3) is 0.889. The molecule has 1 atom stereocenters. The van der Waals surface area contributed by atoms with Crippen LogP contribution in [-0.2, 0) is 4.79 Å². The van der Waals surface area contributed by atoms with E-state index in [1.807, 2.05) is 11.8 Å². The first-order valence-electron chi connectivity index (χ1n) is 4.95. The molecular weight excluding hydrogens is 184 g/mol. The lowest BCUT2D eigenvalue weighted by Crippen LogP contribution is -2.49. The van der Waals surface area contributed by atoms with E-state index in [4.69, 9.17) is 0 Å². The number of hydrogen-bond acceptors (Lipinski definition) is 3. The van der Waals surface area contributed by atoms with Crippen LogP contribution in [0.3, 0.4) is 0 Å². The molecule has 1 heterocycles. The van der Waals surface area contributed by atoms with Crippen LogP contribution in [0.15, 0.2) is 0 Å². The SMILES string of the molecule is O=C(NCC1CC1)C1CSCCN1. The van der Waals surface area contributed by atoms with Crippen molar-refractivity contribution in [3.05, 3.63) is 0 Å². The van der Waals surface area contributed by atoms with Gasteiger partial charge in [-0.25, -0.2) is 0 Å². The highest BCUT2D eigenvalue weighted by Gasteiger charge is 2.25. The summed E-state index contributed by atoms with van der Waals surface area (Å²) in [6.45, 7) is 1.86. The summed E-state index contributed by atoms with van der Waals surface area (Å²) in [7, 11) is 0. The maximum atomic E-state index is 11.5. The van der Waals surface area contributed by atoms with Gasteiger partial charge in [0.05, 0.1) is 6.04 Å². The molecule has 0 aromatic rings. The lowest BCUT2D eigenvalue weighted by molar-refractivity contribution is -0.122. The molecule has 0 aromatic heterocycles. The molecule has 2 rings (SSSR count). The Labute approximate surface area is 83.0 Å². The Hall–Kier alpha value is -0.220. The van der Waals surface area contributed by atoms with Crippen LogP contribution in [0.1, 0.15) is 12.8 Å². The molecule has 2 aliphatic rings. The smallest absolute Gasteiger partial charge is 0.238 e. The van der Waals surface area contributed by atoms with Gasteiger partial charge in [0, 0.05) is 24.6 Å². The van der Waals surface area contributed by atoms with Crippen molar-refractivity contribution in [2.24, 2.45) is 5.92 Å². The maximum Gasteiger partial charge on any atom is 0.238 e. The highest BCUT2D eigenvalue weighted by Crippen LogP contribution is 2.27. The number of thioether (sulfide) groups is 1. The van der Waals surface area contributed by atoms with Crippen molar-refractivity contribution in [3.63, 3.8) is 0 Å². The molecule has 4 heteroatoms. The third kappa shape index (κ3) is 2.88. The number of nitrogens with one attached hydrogen (secondary N) is 2. The molecule has 0 aromatic carbocycles. The van der Waals surface area contributed by atoms with Gasteiger partial charge < -0.3 is 10.6 Å². The summed E-state index contributed by atoms with van der Waals surface area (Å²) in [5.74, 6) is 3.03. The lowest BCUT2D eigenvalue weighted by atomic mass is 10.3. The van der Waals surface area contributed by atoms with Crippen LogP contribution in [-0.4, -0.2) is 36.5 Å². The molecule has 1 aliphatic carbocycles. The summed E-state index contributed by atoms with van der Waals surface area (Å²) in [6.07, 6.45) is 2.60. The van der Waals surface area contributed by atoms with E-state index in [0.29, 0.717) is 0 Å². The Balaban J connectivity index is 1.67. The molecule has 1 saturated carbocycles. The second-order valence-electron chi connectivity index (χ2n) is 3.77. The van der Waals surface area contributed by atoms with Crippen molar-refractivity contribution >= 4 is 17.7 Å². The summed E-state index contributed by atoms with van der Waals surface area (Å²) in [5.41, 5.74) is 0. The third-order valence-corrected chi connectivity index (χ3v) is 3.56. The minimum absolute atomic E-state index is 0.0532. The van der Waals surface area contributed by atoms with Crippen LogP contribution < -0.4 is 10.6 Å². The minimum Gasteiger partial charge on any atom is -0.354 e. The molecule has 0 spiro atoms. The van der Waals surface area contributed by atoms with E-state index in [1.165, 1.54) is 12.8 Å². The average Bonchev–Trinajstić information content (AvgIpc) is 2.99. The molecule has 1 unspecified atom stereocenters. The van der Waals surface area contributed by atoms with Gasteiger partial charge in [-0.05, 0) is 18.8 Å². The van der Waals surface area contributed by atoms with Crippen LogP contribution in [0, 0.1) is 5.92 Å². The first kappa shape index (κ1) is 9.34. The Bertz CT molecular complexity index is 188.